The molecule has 35 heavy (non-hydrogen) atoms. The third kappa shape index (κ3) is 4.33. The zero-order valence-corrected chi connectivity index (χ0v) is 20.5. The van der Waals surface area contributed by atoms with Crippen LogP contribution in [0.2, 0.25) is 5.02 Å². The number of nitrogens with zero attached hydrogens (tertiary/aromatic N) is 1. The Hall–Kier alpha value is -3.91. The topological polar surface area (TPSA) is 102 Å². The molecule has 182 valence electrons. The molecule has 0 saturated carbocycles. The highest BCUT2D eigenvalue weighted by Gasteiger charge is 2.39. The molecular formula is C26H25ClN2O6. The second-order valence-corrected chi connectivity index (χ2v) is 8.38. The smallest absolute Gasteiger partial charge is 0.340 e. The van der Waals surface area contributed by atoms with E-state index in [4.69, 9.17) is 36.3 Å². The normalized spacial score (nSPS) is 14.7. The summed E-state index contributed by atoms with van der Waals surface area (Å²) in [4.78, 5) is 26.7. The van der Waals surface area contributed by atoms with Crippen LogP contribution in [0.1, 0.15) is 28.3 Å². The van der Waals surface area contributed by atoms with Gasteiger partial charge < -0.3 is 29.2 Å². The summed E-state index contributed by atoms with van der Waals surface area (Å²) >= 11 is 6.51. The molecular weight excluding hydrogens is 472 g/mol. The lowest BCUT2D eigenvalue weighted by Crippen LogP contribution is -2.35. The molecule has 0 aliphatic carbocycles. The predicted octanol–water partition coefficient (Wildman–Crippen LogP) is 3.74. The fourth-order valence-corrected chi connectivity index (χ4v) is 4.52. The Balaban J connectivity index is 1.92. The molecule has 2 heterocycles. The molecule has 0 radical (unpaired) electrons. The number of rotatable bonds is 6. The van der Waals surface area contributed by atoms with Gasteiger partial charge in [0.05, 0.1) is 39.4 Å². The molecule has 0 bridgehead atoms. The van der Waals surface area contributed by atoms with Crippen LogP contribution in [0.25, 0.3) is 0 Å². The van der Waals surface area contributed by atoms with Crippen molar-refractivity contribution in [3.8, 4) is 17.2 Å². The van der Waals surface area contributed by atoms with E-state index in [1.54, 1.807) is 62.1 Å². The molecule has 3 aromatic rings. The quantitative estimate of drug-likeness (QED) is 0.518. The second-order valence-electron chi connectivity index (χ2n) is 7.97. The first-order valence-electron chi connectivity index (χ1n) is 10.8. The molecule has 0 amide bonds. The maximum atomic E-state index is 13.9. The highest BCUT2D eigenvalue weighted by molar-refractivity contribution is 6.31. The van der Waals surface area contributed by atoms with Crippen molar-refractivity contribution < 1.29 is 23.7 Å². The molecule has 2 N–H and O–H groups in total. The number of carbonyl (C=O) groups is 1. The van der Waals surface area contributed by atoms with E-state index in [1.165, 1.54) is 7.11 Å². The zero-order chi connectivity index (χ0) is 25.3. The van der Waals surface area contributed by atoms with Crippen molar-refractivity contribution in [2.45, 2.75) is 19.4 Å². The molecule has 1 aliphatic rings. The Morgan fingerprint density at radius 3 is 2.46 bits per heavy atom. The van der Waals surface area contributed by atoms with Crippen molar-refractivity contribution in [2.75, 3.05) is 21.3 Å². The van der Waals surface area contributed by atoms with Crippen LogP contribution in [-0.4, -0.2) is 31.9 Å². The van der Waals surface area contributed by atoms with E-state index in [9.17, 15) is 9.59 Å². The first-order chi connectivity index (χ1) is 16.8. The van der Waals surface area contributed by atoms with Crippen molar-refractivity contribution >= 4 is 17.6 Å². The van der Waals surface area contributed by atoms with Crippen molar-refractivity contribution in [3.63, 3.8) is 0 Å². The number of halogens is 1. The SMILES string of the molecule is COC(=O)C1=C(N)Oc2cc(C)n(Cc3ccc(OC)c(OC)c3)c(=O)c2[C@@H]1c1ccccc1Cl. The molecule has 9 heteroatoms. The third-order valence-electron chi connectivity index (χ3n) is 5.98. The summed E-state index contributed by atoms with van der Waals surface area (Å²) in [5.74, 6) is -0.304. The monoisotopic (exact) mass is 496 g/mol. The lowest BCUT2D eigenvalue weighted by molar-refractivity contribution is -0.136. The number of benzene rings is 2. The van der Waals surface area contributed by atoms with Crippen LogP contribution in [0.15, 0.2) is 64.8 Å². The van der Waals surface area contributed by atoms with Gasteiger partial charge in [0, 0.05) is 16.8 Å². The van der Waals surface area contributed by atoms with Gasteiger partial charge in [-0.1, -0.05) is 35.9 Å². The van der Waals surface area contributed by atoms with E-state index in [0.29, 0.717) is 27.8 Å². The molecule has 1 aromatic heterocycles. The molecule has 0 fully saturated rings. The van der Waals surface area contributed by atoms with E-state index in [2.05, 4.69) is 0 Å². The van der Waals surface area contributed by atoms with Crippen LogP contribution in [0.4, 0.5) is 0 Å². The van der Waals surface area contributed by atoms with E-state index < -0.39 is 11.9 Å². The van der Waals surface area contributed by atoms with Gasteiger partial charge in [-0.05, 0) is 36.2 Å². The zero-order valence-electron chi connectivity index (χ0n) is 19.8. The predicted molar refractivity (Wildman–Crippen MR) is 131 cm³/mol. The molecule has 0 spiro atoms. The van der Waals surface area contributed by atoms with Crippen molar-refractivity contribution in [3.05, 3.63) is 97.7 Å². The van der Waals surface area contributed by atoms with Crippen LogP contribution in [0.5, 0.6) is 17.2 Å². The maximum Gasteiger partial charge on any atom is 0.340 e. The van der Waals surface area contributed by atoms with Gasteiger partial charge in [0.2, 0.25) is 5.88 Å². The lowest BCUT2D eigenvalue weighted by Gasteiger charge is -2.29. The Morgan fingerprint density at radius 2 is 1.80 bits per heavy atom. The summed E-state index contributed by atoms with van der Waals surface area (Å²) in [5, 5.41) is 0.381. The van der Waals surface area contributed by atoms with Gasteiger partial charge >= 0.3 is 5.97 Å². The van der Waals surface area contributed by atoms with Gasteiger partial charge in [-0.2, -0.15) is 0 Å². The largest absolute Gasteiger partial charge is 0.493 e. The van der Waals surface area contributed by atoms with Crippen LogP contribution >= 0.6 is 11.6 Å². The summed E-state index contributed by atoms with van der Waals surface area (Å²) in [6.45, 7) is 2.05. The number of esters is 1. The number of hydrogen-bond donors (Lipinski definition) is 1. The van der Waals surface area contributed by atoms with Crippen molar-refractivity contribution in [1.29, 1.82) is 0 Å². The average Bonchev–Trinajstić information content (AvgIpc) is 2.85. The standard InChI is InChI=1S/C26H25ClN2O6/c1-14-11-20-22(25(30)29(14)13-15-9-10-18(32-2)19(12-15)33-3)21(16-7-5-6-8-17(16)27)23(24(28)35-20)26(31)34-4/h5-12,21H,13,28H2,1-4H3/t21-/m0/s1. The van der Waals surface area contributed by atoms with E-state index in [-0.39, 0.29) is 34.9 Å². The number of carbonyl (C=O) groups excluding carboxylic acids is 1. The van der Waals surface area contributed by atoms with E-state index in [0.717, 1.165) is 5.56 Å². The highest BCUT2D eigenvalue weighted by atomic mass is 35.5. The van der Waals surface area contributed by atoms with Gasteiger partial charge in [0.25, 0.3) is 5.56 Å². The fraction of sp³-hybridized carbons (Fsp3) is 0.231. The van der Waals surface area contributed by atoms with Crippen LogP contribution < -0.4 is 25.5 Å². The second kappa shape index (κ2) is 9.76. The number of ether oxygens (including phenoxy) is 4. The van der Waals surface area contributed by atoms with Gasteiger partial charge in [0.15, 0.2) is 11.5 Å². The summed E-state index contributed by atoms with van der Waals surface area (Å²) in [5.41, 5.74) is 8.09. The van der Waals surface area contributed by atoms with Gasteiger partial charge in [-0.15, -0.1) is 0 Å². The maximum absolute atomic E-state index is 13.9. The molecule has 8 nitrogen and oxygen atoms in total. The number of nitrogens with two attached hydrogens (primary N) is 1. The third-order valence-corrected chi connectivity index (χ3v) is 6.32. The number of aromatic nitrogens is 1. The van der Waals surface area contributed by atoms with Crippen LogP contribution in [0.3, 0.4) is 0 Å². The molecule has 1 atom stereocenters. The van der Waals surface area contributed by atoms with Gasteiger partial charge in [-0.25, -0.2) is 4.79 Å². The van der Waals surface area contributed by atoms with Crippen LogP contribution in [-0.2, 0) is 16.1 Å². The van der Waals surface area contributed by atoms with Gasteiger partial charge in [-0.3, -0.25) is 4.79 Å². The minimum atomic E-state index is -0.871. The Morgan fingerprint density at radius 1 is 1.09 bits per heavy atom. The van der Waals surface area contributed by atoms with Crippen molar-refractivity contribution in [1.82, 2.24) is 4.57 Å². The summed E-state index contributed by atoms with van der Waals surface area (Å²) < 4.78 is 23.0. The molecule has 0 saturated heterocycles. The number of aryl methyl sites for hydroxylation is 1. The van der Waals surface area contributed by atoms with Gasteiger partial charge in [0.1, 0.15) is 11.3 Å². The summed E-state index contributed by atoms with van der Waals surface area (Å²) in [6.07, 6.45) is 0. The van der Waals surface area contributed by atoms with E-state index >= 15 is 0 Å². The highest BCUT2D eigenvalue weighted by Crippen LogP contribution is 2.43. The fourth-order valence-electron chi connectivity index (χ4n) is 4.27. The Kier molecular flexibility index (Phi) is 6.75. The number of hydrogen-bond acceptors (Lipinski definition) is 7. The number of fused-ring (bicyclic) bond motifs is 1. The minimum Gasteiger partial charge on any atom is -0.493 e. The molecule has 0 unspecified atom stereocenters. The Bertz CT molecular complexity index is 1400. The van der Waals surface area contributed by atoms with Crippen LogP contribution in [0, 0.1) is 6.92 Å². The molecule has 2 aromatic carbocycles. The molecule has 1 aliphatic heterocycles. The summed E-state index contributed by atoms with van der Waals surface area (Å²) in [6, 6.07) is 14.1. The first-order valence-corrected chi connectivity index (χ1v) is 11.1. The number of pyridine rings is 1. The average molecular weight is 497 g/mol. The lowest BCUT2D eigenvalue weighted by atomic mass is 9.83. The number of methoxy groups -OCH3 is 3. The molecule has 4 rings (SSSR count). The Labute approximate surface area is 207 Å². The first kappa shape index (κ1) is 24.2. The van der Waals surface area contributed by atoms with E-state index in [1.807, 2.05) is 12.1 Å². The minimum absolute atomic E-state index is 0.0201. The van der Waals surface area contributed by atoms with Crippen molar-refractivity contribution in [2.24, 2.45) is 5.73 Å². The summed E-state index contributed by atoms with van der Waals surface area (Å²) in [7, 11) is 4.35.